The van der Waals surface area contributed by atoms with E-state index in [0.717, 1.165) is 0 Å². The molecule has 0 saturated heterocycles. The number of aromatic nitrogens is 2. The van der Waals surface area contributed by atoms with Crippen LogP contribution in [0.3, 0.4) is 0 Å². The van der Waals surface area contributed by atoms with Gasteiger partial charge in [-0.25, -0.2) is 4.79 Å². The van der Waals surface area contributed by atoms with Crippen LogP contribution < -0.4 is 10.2 Å². The van der Waals surface area contributed by atoms with Gasteiger partial charge in [0.15, 0.2) is 0 Å². The third-order valence-corrected chi connectivity index (χ3v) is 3.81. The number of nitrogens with zero attached hydrogens (tertiary/aromatic N) is 4. The summed E-state index contributed by atoms with van der Waals surface area (Å²) < 4.78 is 5.92. The van der Waals surface area contributed by atoms with Crippen LogP contribution in [0.4, 0.5) is 21.9 Å². The fourth-order valence-electron chi connectivity index (χ4n) is 2.45. The second-order valence-electron chi connectivity index (χ2n) is 5.56. The van der Waals surface area contributed by atoms with Crippen LogP contribution in [0.15, 0.2) is 24.3 Å². The van der Waals surface area contributed by atoms with Crippen molar-refractivity contribution in [1.82, 2.24) is 9.78 Å². The number of carbonyl (C=O) groups is 2. The molecule has 1 N–H and O–H groups in total. The molecule has 1 heterocycles. The Morgan fingerprint density at radius 1 is 1.31 bits per heavy atom. The number of anilines is 2. The Labute approximate surface area is 149 Å². The van der Waals surface area contributed by atoms with E-state index in [2.05, 4.69) is 15.2 Å². The molecule has 26 heavy (non-hydrogen) atoms. The number of aryl methyl sites for hydroxylation is 1. The van der Waals surface area contributed by atoms with E-state index in [1.807, 2.05) is 0 Å². The van der Waals surface area contributed by atoms with Crippen LogP contribution in [0.5, 0.6) is 0 Å². The first-order valence-electron chi connectivity index (χ1n) is 7.64. The van der Waals surface area contributed by atoms with Crippen LogP contribution in [0.25, 0.3) is 0 Å². The number of carbonyl (C=O) groups excluding carboxylic acids is 2. The molecule has 10 nitrogen and oxygen atoms in total. The van der Waals surface area contributed by atoms with Crippen LogP contribution in [0.2, 0.25) is 0 Å². The molecule has 0 saturated carbocycles. The normalized spacial score (nSPS) is 10.3. The molecule has 0 fully saturated rings. The summed E-state index contributed by atoms with van der Waals surface area (Å²) >= 11 is 0. The minimum atomic E-state index is -0.511. The molecule has 2 aromatic rings. The maximum absolute atomic E-state index is 12.2. The maximum atomic E-state index is 12.2. The lowest BCUT2D eigenvalue weighted by atomic mass is 10.2. The summed E-state index contributed by atoms with van der Waals surface area (Å²) in [6, 6.07) is 6.58. The Kier molecular flexibility index (Phi) is 5.55. The van der Waals surface area contributed by atoms with Crippen molar-refractivity contribution in [2.24, 2.45) is 0 Å². The predicted octanol–water partition coefficient (Wildman–Crippen LogP) is 2.25. The summed E-state index contributed by atoms with van der Waals surface area (Å²) in [5.74, 6) is -0.375. The number of amides is 2. The van der Waals surface area contributed by atoms with Gasteiger partial charge in [-0.05, 0) is 38.1 Å². The number of nitro groups is 1. The highest BCUT2D eigenvalue weighted by Crippen LogP contribution is 2.22. The minimum Gasteiger partial charge on any atom is -0.452 e. The van der Waals surface area contributed by atoms with E-state index in [1.54, 1.807) is 38.2 Å². The monoisotopic (exact) mass is 361 g/mol. The first-order valence-corrected chi connectivity index (χ1v) is 7.64. The van der Waals surface area contributed by atoms with Gasteiger partial charge >= 0.3 is 11.8 Å². The minimum absolute atomic E-state index is 0.0898. The molecule has 2 amide bonds. The fourth-order valence-corrected chi connectivity index (χ4v) is 2.45. The van der Waals surface area contributed by atoms with Crippen LogP contribution in [-0.4, -0.2) is 40.9 Å². The van der Waals surface area contributed by atoms with Crippen LogP contribution in [-0.2, 0) is 16.1 Å². The van der Waals surface area contributed by atoms with Crippen molar-refractivity contribution < 1.29 is 19.2 Å². The first kappa shape index (κ1) is 18.9. The lowest BCUT2D eigenvalue weighted by molar-refractivity contribution is -0.386. The average Bonchev–Trinajstić information content (AvgIpc) is 2.87. The van der Waals surface area contributed by atoms with Gasteiger partial charge in [0.2, 0.25) is 5.91 Å². The average molecular weight is 361 g/mol. The Morgan fingerprint density at radius 2 is 1.92 bits per heavy atom. The van der Waals surface area contributed by atoms with Crippen molar-refractivity contribution in [3.8, 4) is 0 Å². The quantitative estimate of drug-likeness (QED) is 0.644. The van der Waals surface area contributed by atoms with E-state index >= 15 is 0 Å². The number of methoxy groups -OCH3 is 1. The summed E-state index contributed by atoms with van der Waals surface area (Å²) in [5.41, 5.74) is 1.61. The van der Waals surface area contributed by atoms with E-state index in [9.17, 15) is 19.7 Å². The lowest BCUT2D eigenvalue weighted by Crippen LogP contribution is -2.25. The van der Waals surface area contributed by atoms with Crippen molar-refractivity contribution in [3.63, 3.8) is 0 Å². The van der Waals surface area contributed by atoms with Crippen LogP contribution >= 0.6 is 0 Å². The molecule has 0 aliphatic carbocycles. The zero-order valence-corrected chi connectivity index (χ0v) is 14.8. The molecule has 0 bridgehead atoms. The zero-order chi connectivity index (χ0) is 19.4. The number of ether oxygens (including phenoxy) is 1. The van der Waals surface area contributed by atoms with E-state index in [0.29, 0.717) is 17.1 Å². The van der Waals surface area contributed by atoms with Gasteiger partial charge in [-0.15, -0.1) is 0 Å². The zero-order valence-electron chi connectivity index (χ0n) is 14.8. The molecule has 0 radical (unpaired) electrons. The number of benzene rings is 1. The molecule has 10 heteroatoms. The van der Waals surface area contributed by atoms with Crippen molar-refractivity contribution >= 4 is 29.1 Å². The highest BCUT2D eigenvalue weighted by Gasteiger charge is 2.22. The van der Waals surface area contributed by atoms with Gasteiger partial charge in [0, 0.05) is 18.4 Å². The molecular formula is C16H19N5O5. The smallest absolute Gasteiger partial charge is 0.413 e. The second kappa shape index (κ2) is 7.64. The van der Waals surface area contributed by atoms with Gasteiger partial charge < -0.3 is 10.1 Å². The van der Waals surface area contributed by atoms with Crippen molar-refractivity contribution in [3.05, 3.63) is 45.8 Å². The van der Waals surface area contributed by atoms with Gasteiger partial charge in [0.05, 0.1) is 12.0 Å². The summed E-state index contributed by atoms with van der Waals surface area (Å²) in [4.78, 5) is 35.4. The largest absolute Gasteiger partial charge is 0.452 e. The van der Waals surface area contributed by atoms with Crippen molar-refractivity contribution in [2.45, 2.75) is 20.4 Å². The van der Waals surface area contributed by atoms with E-state index in [4.69, 9.17) is 0 Å². The van der Waals surface area contributed by atoms with Crippen LogP contribution in [0, 0.1) is 24.0 Å². The number of hydrogen-bond acceptors (Lipinski definition) is 6. The molecule has 0 atom stereocenters. The summed E-state index contributed by atoms with van der Waals surface area (Å²) in [7, 11) is 2.85. The van der Waals surface area contributed by atoms with Gasteiger partial charge in [-0.1, -0.05) is 0 Å². The SMILES string of the molecule is COC(=O)N(C)c1ccc(NC(=O)Cn2nc(C)c([N+](=O)[O-])c2C)cc1. The number of nitrogens with one attached hydrogen (secondary N) is 1. The van der Waals surface area contributed by atoms with Gasteiger partial charge in [-0.3, -0.25) is 24.5 Å². The molecule has 0 spiro atoms. The molecule has 2 rings (SSSR count). The first-order chi connectivity index (χ1) is 12.2. The Bertz CT molecular complexity index is 843. The highest BCUT2D eigenvalue weighted by atomic mass is 16.6. The van der Waals surface area contributed by atoms with E-state index in [-0.39, 0.29) is 23.8 Å². The van der Waals surface area contributed by atoms with E-state index < -0.39 is 11.0 Å². The molecule has 0 aliphatic rings. The lowest BCUT2D eigenvalue weighted by Gasteiger charge is -2.16. The third-order valence-electron chi connectivity index (χ3n) is 3.81. The molecule has 0 unspecified atom stereocenters. The van der Waals surface area contributed by atoms with Crippen molar-refractivity contribution in [2.75, 3.05) is 24.4 Å². The molecule has 0 aliphatic heterocycles. The van der Waals surface area contributed by atoms with Gasteiger partial charge in [-0.2, -0.15) is 5.10 Å². The molecule has 138 valence electrons. The Balaban J connectivity index is 2.06. The van der Waals surface area contributed by atoms with Gasteiger partial charge in [0.1, 0.15) is 17.9 Å². The van der Waals surface area contributed by atoms with E-state index in [1.165, 1.54) is 23.6 Å². The summed E-state index contributed by atoms with van der Waals surface area (Å²) in [6.07, 6.45) is -0.507. The molecule has 1 aromatic carbocycles. The maximum Gasteiger partial charge on any atom is 0.413 e. The Morgan fingerprint density at radius 3 is 2.42 bits per heavy atom. The highest BCUT2D eigenvalue weighted by molar-refractivity contribution is 5.91. The Hall–Kier alpha value is -3.43. The number of rotatable bonds is 5. The molecular weight excluding hydrogens is 342 g/mol. The molecule has 1 aromatic heterocycles. The topological polar surface area (TPSA) is 120 Å². The van der Waals surface area contributed by atoms with Crippen molar-refractivity contribution in [1.29, 1.82) is 0 Å². The predicted molar refractivity (Wildman–Crippen MR) is 94.2 cm³/mol. The third kappa shape index (κ3) is 3.97. The standard InChI is InChI=1S/C16H19N5O5/c1-10-15(21(24)25)11(2)20(18-10)9-14(22)17-12-5-7-13(8-6-12)19(3)16(23)26-4/h5-8H,9H2,1-4H3,(H,17,22). The summed E-state index contributed by atoms with van der Waals surface area (Å²) in [5, 5.41) is 17.7. The van der Waals surface area contributed by atoms with Gasteiger partial charge in [0.25, 0.3) is 0 Å². The summed E-state index contributed by atoms with van der Waals surface area (Å²) in [6.45, 7) is 2.92. The fraction of sp³-hybridized carbons (Fsp3) is 0.312. The number of hydrogen-bond donors (Lipinski definition) is 1. The van der Waals surface area contributed by atoms with Crippen LogP contribution in [0.1, 0.15) is 11.4 Å². The second-order valence-corrected chi connectivity index (χ2v) is 5.56.